The van der Waals surface area contributed by atoms with Gasteiger partial charge in [0.05, 0.1) is 5.92 Å². The molecule has 5 heteroatoms. The van der Waals surface area contributed by atoms with Gasteiger partial charge in [0, 0.05) is 6.54 Å². The van der Waals surface area contributed by atoms with Crippen LogP contribution in [0.15, 0.2) is 12.1 Å². The van der Waals surface area contributed by atoms with Crippen LogP contribution in [0.2, 0.25) is 0 Å². The molecule has 2 rings (SSSR count). The summed E-state index contributed by atoms with van der Waals surface area (Å²) in [5.74, 6) is -0.0778. The number of fused-ring (bicyclic) bond motifs is 1. The van der Waals surface area contributed by atoms with Crippen molar-refractivity contribution in [3.05, 3.63) is 23.3 Å². The summed E-state index contributed by atoms with van der Waals surface area (Å²) in [7, 11) is 3.72. The molecule has 0 aliphatic carbocycles. The fraction of sp³-hybridized carbons (Fsp3) is 0.462. The first-order valence-corrected chi connectivity index (χ1v) is 5.76. The number of carbonyl (C=O) groups is 1. The Morgan fingerprint density at radius 3 is 2.56 bits per heavy atom. The number of likely N-dealkylation sites (N-methyl/N-ethyl adjacent to an activating group) is 1. The minimum atomic E-state index is -0.828. The van der Waals surface area contributed by atoms with Crippen molar-refractivity contribution in [2.24, 2.45) is 0 Å². The molecule has 1 aromatic rings. The molecular formula is C13H17NO4. The van der Waals surface area contributed by atoms with Gasteiger partial charge < -0.3 is 19.5 Å². The normalized spacial score (nSPS) is 14.9. The van der Waals surface area contributed by atoms with Crippen LogP contribution in [0.3, 0.4) is 0 Å². The lowest BCUT2D eigenvalue weighted by atomic mass is 9.94. The van der Waals surface area contributed by atoms with Gasteiger partial charge in [0.25, 0.3) is 0 Å². The van der Waals surface area contributed by atoms with Crippen LogP contribution in [0.25, 0.3) is 0 Å². The van der Waals surface area contributed by atoms with E-state index >= 15 is 0 Å². The zero-order valence-electron chi connectivity index (χ0n) is 10.8. The predicted molar refractivity (Wildman–Crippen MR) is 66.2 cm³/mol. The van der Waals surface area contributed by atoms with Gasteiger partial charge in [-0.25, -0.2) is 0 Å². The third kappa shape index (κ3) is 2.41. The second-order valence-corrected chi connectivity index (χ2v) is 4.72. The highest BCUT2D eigenvalue weighted by atomic mass is 16.7. The average Bonchev–Trinajstić information content (AvgIpc) is 2.71. The molecule has 1 aromatic carbocycles. The van der Waals surface area contributed by atoms with Crippen LogP contribution in [0, 0.1) is 6.92 Å². The minimum Gasteiger partial charge on any atom is -0.481 e. The third-order valence-corrected chi connectivity index (χ3v) is 2.98. The van der Waals surface area contributed by atoms with E-state index in [1.165, 1.54) is 0 Å². The number of carboxylic acid groups (broad SMARTS) is 1. The maximum Gasteiger partial charge on any atom is 0.312 e. The number of hydrogen-bond donors (Lipinski definition) is 1. The fourth-order valence-corrected chi connectivity index (χ4v) is 2.11. The standard InChI is InChI=1S/C13H17NO4/c1-8-4-11-12(18-7-17-11)5-9(8)10(13(15)16)6-14(2)3/h4-5,10H,6-7H2,1-3H3,(H,15,16). The molecule has 0 fully saturated rings. The summed E-state index contributed by atoms with van der Waals surface area (Å²) in [4.78, 5) is 13.3. The van der Waals surface area contributed by atoms with Gasteiger partial charge in [0.2, 0.25) is 6.79 Å². The minimum absolute atomic E-state index is 0.198. The van der Waals surface area contributed by atoms with Gasteiger partial charge in [-0.1, -0.05) is 0 Å². The van der Waals surface area contributed by atoms with E-state index in [0.29, 0.717) is 18.0 Å². The van der Waals surface area contributed by atoms with Gasteiger partial charge in [-0.3, -0.25) is 4.79 Å². The highest BCUT2D eigenvalue weighted by Gasteiger charge is 2.25. The second kappa shape index (κ2) is 4.86. The van der Waals surface area contributed by atoms with Crippen molar-refractivity contribution >= 4 is 5.97 Å². The molecule has 5 nitrogen and oxygen atoms in total. The summed E-state index contributed by atoms with van der Waals surface area (Å²) in [6, 6.07) is 3.61. The maximum atomic E-state index is 11.4. The van der Waals surface area contributed by atoms with E-state index in [1.54, 1.807) is 6.07 Å². The zero-order valence-corrected chi connectivity index (χ0v) is 10.8. The van der Waals surface area contributed by atoms with Crippen molar-refractivity contribution in [3.8, 4) is 11.5 Å². The molecule has 1 atom stereocenters. The number of ether oxygens (including phenoxy) is 2. The SMILES string of the molecule is Cc1cc2c(cc1C(CN(C)C)C(=O)O)OCO2. The van der Waals surface area contributed by atoms with E-state index in [4.69, 9.17) is 9.47 Å². The molecule has 1 unspecified atom stereocenters. The number of aliphatic carboxylic acids is 1. The smallest absolute Gasteiger partial charge is 0.312 e. The molecule has 0 bridgehead atoms. The molecule has 1 aliphatic rings. The Morgan fingerprint density at radius 1 is 1.39 bits per heavy atom. The number of rotatable bonds is 4. The molecule has 1 heterocycles. The van der Waals surface area contributed by atoms with Crippen molar-refractivity contribution in [3.63, 3.8) is 0 Å². The van der Waals surface area contributed by atoms with Gasteiger partial charge in [0.1, 0.15) is 0 Å². The van der Waals surface area contributed by atoms with E-state index in [0.717, 1.165) is 11.1 Å². The summed E-state index contributed by atoms with van der Waals surface area (Å²) in [6.07, 6.45) is 0. The monoisotopic (exact) mass is 251 g/mol. The molecule has 1 N–H and O–H groups in total. The first-order valence-electron chi connectivity index (χ1n) is 5.76. The molecule has 0 aromatic heterocycles. The van der Waals surface area contributed by atoms with Crippen LogP contribution in [-0.2, 0) is 4.79 Å². The summed E-state index contributed by atoms with van der Waals surface area (Å²) >= 11 is 0. The van der Waals surface area contributed by atoms with E-state index in [1.807, 2.05) is 32.0 Å². The Balaban J connectivity index is 2.38. The summed E-state index contributed by atoms with van der Waals surface area (Å²) in [6.45, 7) is 2.54. The molecule has 1 aliphatic heterocycles. The Kier molecular flexibility index (Phi) is 3.43. The number of nitrogens with zero attached hydrogens (tertiary/aromatic N) is 1. The number of hydrogen-bond acceptors (Lipinski definition) is 4. The molecular weight excluding hydrogens is 234 g/mol. The van der Waals surface area contributed by atoms with Crippen molar-refractivity contribution in [2.75, 3.05) is 27.4 Å². The van der Waals surface area contributed by atoms with Crippen LogP contribution in [-0.4, -0.2) is 43.4 Å². The lowest BCUT2D eigenvalue weighted by Crippen LogP contribution is -2.26. The lowest BCUT2D eigenvalue weighted by Gasteiger charge is -2.19. The van der Waals surface area contributed by atoms with Crippen molar-refractivity contribution in [1.29, 1.82) is 0 Å². The molecule has 98 valence electrons. The van der Waals surface area contributed by atoms with Crippen LogP contribution in [0.5, 0.6) is 11.5 Å². The fourth-order valence-electron chi connectivity index (χ4n) is 2.11. The first kappa shape index (κ1) is 12.7. The number of benzene rings is 1. The maximum absolute atomic E-state index is 11.4. The average molecular weight is 251 g/mol. The Morgan fingerprint density at radius 2 is 2.00 bits per heavy atom. The largest absolute Gasteiger partial charge is 0.481 e. The zero-order chi connectivity index (χ0) is 13.3. The van der Waals surface area contributed by atoms with Crippen molar-refractivity contribution < 1.29 is 19.4 Å². The Bertz CT molecular complexity index is 470. The molecule has 0 saturated heterocycles. The molecule has 0 saturated carbocycles. The summed E-state index contributed by atoms with van der Waals surface area (Å²) in [5, 5.41) is 9.35. The topological polar surface area (TPSA) is 59.0 Å². The number of aryl methyl sites for hydroxylation is 1. The van der Waals surface area contributed by atoms with E-state index in [2.05, 4.69) is 0 Å². The molecule has 0 radical (unpaired) electrons. The lowest BCUT2D eigenvalue weighted by molar-refractivity contribution is -0.139. The van der Waals surface area contributed by atoms with Gasteiger partial charge in [-0.2, -0.15) is 0 Å². The van der Waals surface area contributed by atoms with E-state index in [-0.39, 0.29) is 6.79 Å². The Hall–Kier alpha value is -1.75. The van der Waals surface area contributed by atoms with Gasteiger partial charge in [-0.15, -0.1) is 0 Å². The molecule has 0 spiro atoms. The third-order valence-electron chi connectivity index (χ3n) is 2.98. The molecule has 18 heavy (non-hydrogen) atoms. The van der Waals surface area contributed by atoms with Crippen LogP contribution in [0.4, 0.5) is 0 Å². The van der Waals surface area contributed by atoms with Crippen LogP contribution < -0.4 is 9.47 Å². The van der Waals surface area contributed by atoms with E-state index in [9.17, 15) is 9.90 Å². The van der Waals surface area contributed by atoms with Gasteiger partial charge in [0.15, 0.2) is 11.5 Å². The molecule has 0 amide bonds. The first-order chi connectivity index (χ1) is 8.49. The van der Waals surface area contributed by atoms with Crippen LogP contribution >= 0.6 is 0 Å². The highest BCUT2D eigenvalue weighted by molar-refractivity contribution is 5.77. The number of carboxylic acids is 1. The van der Waals surface area contributed by atoms with Gasteiger partial charge in [-0.05, 0) is 44.3 Å². The Labute approximate surface area is 106 Å². The van der Waals surface area contributed by atoms with Crippen molar-refractivity contribution in [1.82, 2.24) is 4.90 Å². The van der Waals surface area contributed by atoms with Crippen molar-refractivity contribution in [2.45, 2.75) is 12.8 Å². The quantitative estimate of drug-likeness (QED) is 0.877. The summed E-state index contributed by atoms with van der Waals surface area (Å²) < 4.78 is 10.6. The predicted octanol–water partition coefficient (Wildman–Crippen LogP) is 1.45. The van der Waals surface area contributed by atoms with E-state index < -0.39 is 11.9 Å². The second-order valence-electron chi connectivity index (χ2n) is 4.72. The van der Waals surface area contributed by atoms with Gasteiger partial charge >= 0.3 is 5.97 Å². The summed E-state index contributed by atoms with van der Waals surface area (Å²) in [5.41, 5.74) is 1.69. The van der Waals surface area contributed by atoms with Crippen LogP contribution in [0.1, 0.15) is 17.0 Å². The highest BCUT2D eigenvalue weighted by Crippen LogP contribution is 2.37.